The lowest BCUT2D eigenvalue weighted by Crippen LogP contribution is -2.61. The van der Waals surface area contributed by atoms with E-state index in [9.17, 15) is 14.7 Å². The lowest BCUT2D eigenvalue weighted by atomic mass is 9.40. The first-order chi connectivity index (χ1) is 11.7. The van der Waals surface area contributed by atoms with Crippen molar-refractivity contribution in [3.05, 3.63) is 0 Å². The van der Waals surface area contributed by atoms with E-state index in [1.54, 1.807) is 0 Å². The van der Waals surface area contributed by atoms with Crippen LogP contribution in [-0.4, -0.2) is 35.0 Å². The quantitative estimate of drug-likeness (QED) is 0.830. The fraction of sp³-hybridized carbons (Fsp3) is 0.905. The zero-order valence-corrected chi connectivity index (χ0v) is 15.6. The van der Waals surface area contributed by atoms with Crippen LogP contribution in [0.5, 0.6) is 0 Å². The van der Waals surface area contributed by atoms with Crippen molar-refractivity contribution in [2.45, 2.75) is 71.6 Å². The summed E-state index contributed by atoms with van der Waals surface area (Å²) in [7, 11) is 0. The highest BCUT2D eigenvalue weighted by Gasteiger charge is 2.64. The van der Waals surface area contributed by atoms with E-state index in [1.807, 2.05) is 0 Å². The molecule has 6 fully saturated rings. The first kappa shape index (κ1) is 16.1. The van der Waals surface area contributed by atoms with Crippen molar-refractivity contribution >= 4 is 11.9 Å². The van der Waals surface area contributed by atoms with E-state index in [2.05, 4.69) is 18.7 Å². The van der Waals surface area contributed by atoms with Crippen molar-refractivity contribution < 1.29 is 14.7 Å². The number of hydrogen-bond acceptors (Lipinski definition) is 2. The molecule has 5 aliphatic carbocycles. The van der Waals surface area contributed by atoms with Crippen LogP contribution in [0.25, 0.3) is 0 Å². The molecule has 0 aromatic rings. The van der Waals surface area contributed by atoms with E-state index in [4.69, 9.17) is 0 Å². The number of aliphatic carboxylic acids is 1. The normalized spacial score (nSPS) is 49.4. The second-order valence-electron chi connectivity index (χ2n) is 11.2. The Morgan fingerprint density at radius 2 is 1.52 bits per heavy atom. The van der Waals surface area contributed by atoms with Crippen LogP contribution in [-0.2, 0) is 9.59 Å². The van der Waals surface area contributed by atoms with Crippen LogP contribution < -0.4 is 0 Å². The summed E-state index contributed by atoms with van der Waals surface area (Å²) in [5.74, 6) is 0.367. The molecule has 0 radical (unpaired) electrons. The summed E-state index contributed by atoms with van der Waals surface area (Å²) in [5.41, 5.74) is 0.642. The van der Waals surface area contributed by atoms with Crippen LogP contribution >= 0.6 is 0 Å². The Balaban J connectivity index is 1.33. The molecule has 4 heteroatoms. The topological polar surface area (TPSA) is 57.6 Å². The van der Waals surface area contributed by atoms with Crippen LogP contribution in [0.4, 0.5) is 0 Å². The molecule has 25 heavy (non-hydrogen) atoms. The summed E-state index contributed by atoms with van der Waals surface area (Å²) in [5, 5.41) is 9.28. The monoisotopic (exact) mass is 345 g/mol. The molecular formula is C21H31NO3. The van der Waals surface area contributed by atoms with Crippen molar-refractivity contribution in [1.29, 1.82) is 0 Å². The third-order valence-electron chi connectivity index (χ3n) is 8.61. The molecule has 138 valence electrons. The molecule has 1 aliphatic heterocycles. The molecule has 1 heterocycles. The Hall–Kier alpha value is -1.06. The highest BCUT2D eigenvalue weighted by Crippen LogP contribution is 2.70. The molecule has 3 atom stereocenters. The fourth-order valence-corrected chi connectivity index (χ4v) is 8.43. The van der Waals surface area contributed by atoms with E-state index in [1.165, 1.54) is 19.3 Å². The number of carboxylic acid groups (broad SMARTS) is 1. The van der Waals surface area contributed by atoms with Crippen LogP contribution in [0.2, 0.25) is 0 Å². The van der Waals surface area contributed by atoms with Gasteiger partial charge in [0.1, 0.15) is 0 Å². The third kappa shape index (κ3) is 2.24. The maximum absolute atomic E-state index is 13.6. The SMILES string of the molecule is CC12CC3CC(C)(C1)CC(C(=O)N1CCC4(CC1)CC4C(=O)O)(C3)C2. The predicted molar refractivity (Wildman–Crippen MR) is 93.8 cm³/mol. The van der Waals surface area contributed by atoms with Crippen molar-refractivity contribution in [1.82, 2.24) is 4.90 Å². The van der Waals surface area contributed by atoms with Gasteiger partial charge >= 0.3 is 5.97 Å². The predicted octanol–water partition coefficient (Wildman–Crippen LogP) is 3.70. The van der Waals surface area contributed by atoms with Crippen molar-refractivity contribution in [3.63, 3.8) is 0 Å². The minimum absolute atomic E-state index is 0.0159. The van der Waals surface area contributed by atoms with E-state index in [0.29, 0.717) is 16.7 Å². The number of nitrogens with zero attached hydrogens (tertiary/aromatic N) is 1. The minimum atomic E-state index is -0.637. The van der Waals surface area contributed by atoms with Gasteiger partial charge in [-0.3, -0.25) is 9.59 Å². The molecule has 1 amide bonds. The van der Waals surface area contributed by atoms with E-state index in [0.717, 1.165) is 57.5 Å². The van der Waals surface area contributed by atoms with E-state index in [-0.39, 0.29) is 16.7 Å². The van der Waals surface area contributed by atoms with Gasteiger partial charge in [0.15, 0.2) is 0 Å². The average Bonchev–Trinajstić information content (AvgIpc) is 3.18. The van der Waals surface area contributed by atoms with Gasteiger partial charge in [-0.15, -0.1) is 0 Å². The lowest BCUT2D eigenvalue weighted by molar-refractivity contribution is -0.180. The summed E-state index contributed by atoms with van der Waals surface area (Å²) in [6.07, 6.45) is 9.84. The molecule has 1 saturated heterocycles. The molecule has 4 nitrogen and oxygen atoms in total. The van der Waals surface area contributed by atoms with Gasteiger partial charge < -0.3 is 10.0 Å². The number of carbonyl (C=O) groups is 2. The first-order valence-electron chi connectivity index (χ1n) is 10.2. The highest BCUT2D eigenvalue weighted by atomic mass is 16.4. The third-order valence-corrected chi connectivity index (χ3v) is 8.61. The zero-order valence-electron chi connectivity index (χ0n) is 15.6. The van der Waals surface area contributed by atoms with Crippen LogP contribution in [0, 0.1) is 33.5 Å². The summed E-state index contributed by atoms with van der Waals surface area (Å²) >= 11 is 0. The fourth-order valence-electron chi connectivity index (χ4n) is 8.43. The maximum Gasteiger partial charge on any atom is 0.307 e. The first-order valence-corrected chi connectivity index (χ1v) is 10.2. The number of hydrogen-bond donors (Lipinski definition) is 1. The molecule has 1 spiro atoms. The standard InChI is InChI=1S/C21H31NO3/c1-18-7-14-8-19(2,11-18)13-21(9-14,12-18)17(25)22-5-3-20(4-6-22)10-15(20)16(23)24/h14-15H,3-13H2,1-2H3,(H,23,24). The minimum Gasteiger partial charge on any atom is -0.481 e. The van der Waals surface area contributed by atoms with Gasteiger partial charge in [0.05, 0.1) is 11.3 Å². The Labute approximate surface area is 150 Å². The molecule has 3 unspecified atom stereocenters. The smallest absolute Gasteiger partial charge is 0.307 e. The molecule has 1 N–H and O–H groups in total. The van der Waals surface area contributed by atoms with Gasteiger partial charge in [-0.25, -0.2) is 0 Å². The highest BCUT2D eigenvalue weighted by molar-refractivity contribution is 5.84. The van der Waals surface area contributed by atoms with Gasteiger partial charge in [0.25, 0.3) is 0 Å². The number of rotatable bonds is 2. The number of amides is 1. The Bertz CT molecular complexity index is 630. The summed E-state index contributed by atoms with van der Waals surface area (Å²) < 4.78 is 0. The molecule has 6 aliphatic rings. The molecule has 0 aromatic carbocycles. The van der Waals surface area contributed by atoms with Crippen molar-refractivity contribution in [2.24, 2.45) is 33.5 Å². The Morgan fingerprint density at radius 1 is 0.920 bits per heavy atom. The molecule has 0 aromatic heterocycles. The summed E-state index contributed by atoms with van der Waals surface area (Å²) in [6, 6.07) is 0. The number of piperidine rings is 1. The van der Waals surface area contributed by atoms with Crippen LogP contribution in [0.15, 0.2) is 0 Å². The van der Waals surface area contributed by atoms with E-state index < -0.39 is 5.97 Å². The average molecular weight is 345 g/mol. The second kappa shape index (κ2) is 4.61. The van der Waals surface area contributed by atoms with Crippen molar-refractivity contribution in [2.75, 3.05) is 13.1 Å². The van der Waals surface area contributed by atoms with Gasteiger partial charge in [-0.2, -0.15) is 0 Å². The zero-order chi connectivity index (χ0) is 17.7. The molecule has 6 rings (SSSR count). The molecule has 4 bridgehead atoms. The van der Waals surface area contributed by atoms with Crippen LogP contribution in [0.3, 0.4) is 0 Å². The molecular weight excluding hydrogens is 314 g/mol. The number of likely N-dealkylation sites (tertiary alicyclic amines) is 1. The van der Waals surface area contributed by atoms with Gasteiger partial charge in [0, 0.05) is 13.1 Å². The van der Waals surface area contributed by atoms with Crippen molar-refractivity contribution in [3.8, 4) is 0 Å². The van der Waals surface area contributed by atoms with E-state index >= 15 is 0 Å². The van der Waals surface area contributed by atoms with Gasteiger partial charge in [-0.1, -0.05) is 13.8 Å². The summed E-state index contributed by atoms with van der Waals surface area (Å²) in [6.45, 7) is 6.40. The van der Waals surface area contributed by atoms with Crippen LogP contribution in [0.1, 0.15) is 71.6 Å². The Morgan fingerprint density at radius 3 is 2.00 bits per heavy atom. The molecule has 5 saturated carbocycles. The maximum atomic E-state index is 13.6. The Kier molecular flexibility index (Phi) is 2.98. The second-order valence-corrected chi connectivity index (χ2v) is 11.2. The van der Waals surface area contributed by atoms with Gasteiger partial charge in [-0.05, 0) is 80.0 Å². The largest absolute Gasteiger partial charge is 0.481 e. The number of carboxylic acids is 1. The summed E-state index contributed by atoms with van der Waals surface area (Å²) in [4.78, 5) is 27.0. The number of carbonyl (C=O) groups excluding carboxylic acids is 1. The van der Waals surface area contributed by atoms with Gasteiger partial charge in [0.2, 0.25) is 5.91 Å². The lowest BCUT2D eigenvalue weighted by Gasteiger charge is -2.65.